The molecule has 0 fully saturated rings. The predicted molar refractivity (Wildman–Crippen MR) is 73.1 cm³/mol. The lowest BCUT2D eigenvalue weighted by Crippen LogP contribution is -2.38. The number of amides is 1. The van der Waals surface area contributed by atoms with Crippen molar-refractivity contribution in [3.8, 4) is 0 Å². The average molecular weight is 282 g/mol. The average Bonchev–Trinajstić information content (AvgIpc) is 2.96. The maximum absolute atomic E-state index is 11.9. The van der Waals surface area contributed by atoms with Gasteiger partial charge in [0.05, 0.1) is 17.8 Å². The molecular formula is C12H14N2O2S2. The molecule has 0 saturated heterocycles. The van der Waals surface area contributed by atoms with Crippen LogP contribution in [0.15, 0.2) is 22.2 Å². The minimum Gasteiger partial charge on any atom is -0.384 e. The van der Waals surface area contributed by atoms with Crippen molar-refractivity contribution in [1.82, 2.24) is 9.69 Å². The minimum atomic E-state index is -1.05. The summed E-state index contributed by atoms with van der Waals surface area (Å²) in [6, 6.07) is 1.86. The number of hydrogen-bond donors (Lipinski definition) is 2. The van der Waals surface area contributed by atoms with Crippen LogP contribution in [0.25, 0.3) is 0 Å². The van der Waals surface area contributed by atoms with Gasteiger partial charge in [-0.1, -0.05) is 0 Å². The first kappa shape index (κ1) is 13.2. The van der Waals surface area contributed by atoms with Crippen LogP contribution < -0.4 is 5.32 Å². The van der Waals surface area contributed by atoms with Gasteiger partial charge < -0.3 is 10.4 Å². The molecule has 4 nitrogen and oxygen atoms in total. The Morgan fingerprint density at radius 2 is 2.33 bits per heavy atom. The number of carbonyl (C=O) groups excluding carboxylic acids is 1. The lowest BCUT2D eigenvalue weighted by atomic mass is 9.99. The van der Waals surface area contributed by atoms with Gasteiger partial charge in [0.25, 0.3) is 5.91 Å². The molecule has 1 atom stereocenters. The molecule has 0 bridgehead atoms. The van der Waals surface area contributed by atoms with Crippen molar-refractivity contribution in [2.24, 2.45) is 0 Å². The highest BCUT2D eigenvalue weighted by atomic mass is 32.1. The standard InChI is InChI=1S/C12H14N2O2S2/c1-8-10(6-18-14-8)11(15)13-7-12(2,16)9-3-4-17-5-9/h3-6,16H,7H2,1-2H3,(H,13,15). The van der Waals surface area contributed by atoms with E-state index in [2.05, 4.69) is 9.69 Å². The maximum atomic E-state index is 11.9. The van der Waals surface area contributed by atoms with Crippen molar-refractivity contribution >= 4 is 28.8 Å². The summed E-state index contributed by atoms with van der Waals surface area (Å²) in [5, 5.41) is 18.5. The van der Waals surface area contributed by atoms with E-state index in [1.807, 2.05) is 16.8 Å². The lowest BCUT2D eigenvalue weighted by molar-refractivity contribution is 0.0530. The van der Waals surface area contributed by atoms with Crippen molar-refractivity contribution in [2.75, 3.05) is 6.54 Å². The van der Waals surface area contributed by atoms with Gasteiger partial charge in [-0.3, -0.25) is 4.79 Å². The number of aliphatic hydroxyl groups is 1. The van der Waals surface area contributed by atoms with Crippen LogP contribution in [-0.2, 0) is 5.60 Å². The second kappa shape index (κ2) is 5.17. The Balaban J connectivity index is 2.00. The third-order valence-electron chi connectivity index (χ3n) is 2.73. The highest BCUT2D eigenvalue weighted by molar-refractivity contribution is 7.08. The van der Waals surface area contributed by atoms with Gasteiger partial charge >= 0.3 is 0 Å². The molecule has 18 heavy (non-hydrogen) atoms. The van der Waals surface area contributed by atoms with E-state index in [1.165, 1.54) is 22.9 Å². The summed E-state index contributed by atoms with van der Waals surface area (Å²) in [4.78, 5) is 11.9. The van der Waals surface area contributed by atoms with E-state index in [9.17, 15) is 9.90 Å². The number of nitrogens with zero attached hydrogens (tertiary/aromatic N) is 1. The van der Waals surface area contributed by atoms with Gasteiger partial charge in [0.1, 0.15) is 5.60 Å². The summed E-state index contributed by atoms with van der Waals surface area (Å²) in [5.74, 6) is -0.197. The topological polar surface area (TPSA) is 62.2 Å². The Morgan fingerprint density at radius 1 is 1.56 bits per heavy atom. The summed E-state index contributed by atoms with van der Waals surface area (Å²) >= 11 is 2.77. The SMILES string of the molecule is Cc1nscc1C(=O)NCC(C)(O)c1ccsc1. The van der Waals surface area contributed by atoms with E-state index in [0.717, 1.165) is 5.56 Å². The summed E-state index contributed by atoms with van der Waals surface area (Å²) in [6.45, 7) is 3.66. The quantitative estimate of drug-likeness (QED) is 0.903. The van der Waals surface area contributed by atoms with Gasteiger partial charge in [-0.15, -0.1) is 0 Å². The molecule has 0 aliphatic heterocycles. The monoisotopic (exact) mass is 282 g/mol. The highest BCUT2D eigenvalue weighted by Crippen LogP contribution is 2.22. The third kappa shape index (κ3) is 2.77. The van der Waals surface area contributed by atoms with Crippen molar-refractivity contribution in [1.29, 1.82) is 0 Å². The van der Waals surface area contributed by atoms with Gasteiger partial charge in [-0.25, -0.2) is 0 Å². The van der Waals surface area contributed by atoms with Crippen molar-refractivity contribution < 1.29 is 9.90 Å². The second-order valence-corrected chi connectivity index (χ2v) is 5.69. The van der Waals surface area contributed by atoms with Crippen LogP contribution in [0.3, 0.4) is 0 Å². The van der Waals surface area contributed by atoms with Crippen molar-refractivity contribution in [3.05, 3.63) is 39.0 Å². The third-order valence-corrected chi connectivity index (χ3v) is 4.13. The van der Waals surface area contributed by atoms with Crippen LogP contribution in [0.1, 0.15) is 28.5 Å². The van der Waals surface area contributed by atoms with Crippen LogP contribution >= 0.6 is 22.9 Å². The Kier molecular flexibility index (Phi) is 3.79. The molecule has 0 aromatic carbocycles. The Morgan fingerprint density at radius 3 is 2.89 bits per heavy atom. The fraction of sp³-hybridized carbons (Fsp3) is 0.333. The summed E-state index contributed by atoms with van der Waals surface area (Å²) < 4.78 is 4.05. The number of hydrogen-bond acceptors (Lipinski definition) is 5. The van der Waals surface area contributed by atoms with Gasteiger partial charge in [0.15, 0.2) is 0 Å². The summed E-state index contributed by atoms with van der Waals surface area (Å²) in [5.41, 5.74) is 1.05. The molecule has 1 unspecified atom stereocenters. The normalized spacial score (nSPS) is 14.2. The van der Waals surface area contributed by atoms with Crippen LogP contribution in [0.4, 0.5) is 0 Å². The van der Waals surface area contributed by atoms with E-state index in [-0.39, 0.29) is 12.5 Å². The molecule has 1 amide bonds. The van der Waals surface area contributed by atoms with Gasteiger partial charge in [-0.2, -0.15) is 15.7 Å². The largest absolute Gasteiger partial charge is 0.384 e. The maximum Gasteiger partial charge on any atom is 0.254 e. The molecule has 2 rings (SSSR count). The van der Waals surface area contributed by atoms with Crippen LogP contribution in [0.5, 0.6) is 0 Å². The number of aromatic nitrogens is 1. The molecular weight excluding hydrogens is 268 g/mol. The molecule has 0 radical (unpaired) electrons. The Bertz CT molecular complexity index is 532. The molecule has 0 aliphatic rings. The molecule has 96 valence electrons. The van der Waals surface area contributed by atoms with Crippen molar-refractivity contribution in [3.63, 3.8) is 0 Å². The van der Waals surface area contributed by atoms with E-state index >= 15 is 0 Å². The molecule has 6 heteroatoms. The lowest BCUT2D eigenvalue weighted by Gasteiger charge is -2.22. The van der Waals surface area contributed by atoms with E-state index < -0.39 is 5.60 Å². The molecule has 0 spiro atoms. The first-order chi connectivity index (χ1) is 8.50. The molecule has 2 N–H and O–H groups in total. The zero-order chi connectivity index (χ0) is 13.2. The Labute approximate surface area is 113 Å². The molecule has 0 saturated carbocycles. The fourth-order valence-corrected chi connectivity index (χ4v) is 3.01. The van der Waals surface area contributed by atoms with Gasteiger partial charge in [-0.05, 0) is 47.8 Å². The molecule has 2 aromatic heterocycles. The number of aryl methyl sites for hydroxylation is 1. The van der Waals surface area contributed by atoms with Crippen LogP contribution in [-0.4, -0.2) is 21.9 Å². The Hall–Kier alpha value is -1.24. The first-order valence-electron chi connectivity index (χ1n) is 5.45. The first-order valence-corrected chi connectivity index (χ1v) is 7.23. The number of rotatable bonds is 4. The predicted octanol–water partition coefficient (Wildman–Crippen LogP) is 2.15. The fourth-order valence-electron chi connectivity index (χ4n) is 1.53. The second-order valence-electron chi connectivity index (χ2n) is 4.28. The van der Waals surface area contributed by atoms with Gasteiger partial charge in [0.2, 0.25) is 0 Å². The number of carbonyl (C=O) groups is 1. The van der Waals surface area contributed by atoms with E-state index in [0.29, 0.717) is 11.3 Å². The zero-order valence-corrected chi connectivity index (χ0v) is 11.8. The number of nitrogens with one attached hydrogen (secondary N) is 1. The van der Waals surface area contributed by atoms with E-state index in [4.69, 9.17) is 0 Å². The number of thiophene rings is 1. The smallest absolute Gasteiger partial charge is 0.254 e. The minimum absolute atomic E-state index is 0.178. The van der Waals surface area contributed by atoms with E-state index in [1.54, 1.807) is 19.2 Å². The summed E-state index contributed by atoms with van der Waals surface area (Å²) in [7, 11) is 0. The molecule has 2 aromatic rings. The zero-order valence-electron chi connectivity index (χ0n) is 10.1. The summed E-state index contributed by atoms with van der Waals surface area (Å²) in [6.07, 6.45) is 0. The highest BCUT2D eigenvalue weighted by Gasteiger charge is 2.24. The van der Waals surface area contributed by atoms with Crippen LogP contribution in [0.2, 0.25) is 0 Å². The molecule has 0 aliphatic carbocycles. The van der Waals surface area contributed by atoms with Gasteiger partial charge in [0, 0.05) is 5.38 Å². The van der Waals surface area contributed by atoms with Crippen LogP contribution in [0, 0.1) is 6.92 Å². The molecule has 2 heterocycles. The van der Waals surface area contributed by atoms with Crippen molar-refractivity contribution in [2.45, 2.75) is 19.4 Å².